The van der Waals surface area contributed by atoms with Gasteiger partial charge in [0.1, 0.15) is 0 Å². The first-order chi connectivity index (χ1) is 9.70. The molecule has 0 aliphatic carbocycles. The van der Waals surface area contributed by atoms with Crippen LogP contribution in [0.1, 0.15) is 15.9 Å². The fourth-order valence-electron chi connectivity index (χ4n) is 1.57. The number of aromatic nitrogens is 1. The van der Waals surface area contributed by atoms with Crippen LogP contribution in [0.5, 0.6) is 0 Å². The molecule has 4 nitrogen and oxygen atoms in total. The first-order valence-corrected chi connectivity index (χ1v) is 6.28. The first-order valence-electron chi connectivity index (χ1n) is 5.90. The molecule has 1 aromatic heterocycles. The quantitative estimate of drug-likeness (QED) is 0.832. The Balaban J connectivity index is 2.27. The van der Waals surface area contributed by atoms with Crippen molar-refractivity contribution in [1.82, 2.24) is 4.98 Å². The Morgan fingerprint density at radius 2 is 2.05 bits per heavy atom. The van der Waals surface area contributed by atoms with Crippen molar-refractivity contribution in [3.05, 3.63) is 58.9 Å². The highest BCUT2D eigenvalue weighted by atomic mass is 35.5. The molecule has 2 aromatic rings. The lowest BCUT2D eigenvalue weighted by molar-refractivity contribution is 0.102. The van der Waals surface area contributed by atoms with Crippen LogP contribution in [0.3, 0.4) is 0 Å². The zero-order chi connectivity index (χ0) is 14.4. The molecule has 0 aliphatic rings. The van der Waals surface area contributed by atoms with Crippen LogP contribution in [-0.2, 0) is 0 Å². The van der Waals surface area contributed by atoms with Crippen molar-refractivity contribution in [1.29, 1.82) is 0 Å². The Morgan fingerprint density at radius 1 is 1.30 bits per heavy atom. The molecule has 0 aliphatic heterocycles. The maximum Gasteiger partial charge on any atom is 0.255 e. The Kier molecular flexibility index (Phi) is 4.72. The number of carbonyl (C=O) groups is 1. The summed E-state index contributed by atoms with van der Waals surface area (Å²) in [6.45, 7) is 0.240. The summed E-state index contributed by atoms with van der Waals surface area (Å²) in [6, 6.07) is 8.36. The summed E-state index contributed by atoms with van der Waals surface area (Å²) < 4.78 is 0. The smallest absolute Gasteiger partial charge is 0.255 e. The van der Waals surface area contributed by atoms with Crippen molar-refractivity contribution in [2.45, 2.75) is 0 Å². The van der Waals surface area contributed by atoms with E-state index in [2.05, 4.69) is 22.1 Å². The highest BCUT2D eigenvalue weighted by Crippen LogP contribution is 2.20. The standard InChI is InChI=1S/C15H12ClN3O/c16-13-3-4-14(12(10-13)2-1-7-17)19-15(20)11-5-8-18-9-6-11/h3-6,8-10H,7,17H2,(H,19,20). The van der Waals surface area contributed by atoms with Crippen molar-refractivity contribution in [3.63, 3.8) is 0 Å². The fraction of sp³-hybridized carbons (Fsp3) is 0.0667. The van der Waals surface area contributed by atoms with Crippen molar-refractivity contribution in [2.24, 2.45) is 5.73 Å². The van der Waals surface area contributed by atoms with E-state index in [1.165, 1.54) is 0 Å². The lowest BCUT2D eigenvalue weighted by Gasteiger charge is -2.08. The third kappa shape index (κ3) is 3.58. The van der Waals surface area contributed by atoms with Gasteiger partial charge in [-0.2, -0.15) is 0 Å². The predicted octanol–water partition coefficient (Wildman–Crippen LogP) is 2.30. The molecule has 0 atom stereocenters. The van der Waals surface area contributed by atoms with Crippen LogP contribution in [0.2, 0.25) is 5.02 Å². The van der Waals surface area contributed by atoms with Crippen molar-refractivity contribution < 1.29 is 4.79 Å². The molecule has 2 rings (SSSR count). The molecular formula is C15H12ClN3O. The number of nitrogens with two attached hydrogens (primary N) is 1. The summed E-state index contributed by atoms with van der Waals surface area (Å²) in [5.41, 5.74) is 7.10. The zero-order valence-electron chi connectivity index (χ0n) is 10.6. The zero-order valence-corrected chi connectivity index (χ0v) is 11.3. The van der Waals surface area contributed by atoms with Gasteiger partial charge in [0.2, 0.25) is 0 Å². The molecule has 20 heavy (non-hydrogen) atoms. The molecule has 0 spiro atoms. The highest BCUT2D eigenvalue weighted by Gasteiger charge is 2.08. The molecule has 0 unspecified atom stereocenters. The van der Waals surface area contributed by atoms with E-state index in [1.807, 2.05) is 0 Å². The van der Waals surface area contributed by atoms with Gasteiger partial charge in [-0.1, -0.05) is 23.4 Å². The molecule has 0 saturated carbocycles. The summed E-state index contributed by atoms with van der Waals surface area (Å²) in [5, 5.41) is 3.34. The number of benzene rings is 1. The van der Waals surface area contributed by atoms with E-state index in [4.69, 9.17) is 17.3 Å². The van der Waals surface area contributed by atoms with Crippen LogP contribution < -0.4 is 11.1 Å². The number of rotatable bonds is 2. The molecule has 1 amide bonds. The minimum Gasteiger partial charge on any atom is -0.321 e. The number of amides is 1. The monoisotopic (exact) mass is 285 g/mol. The van der Waals surface area contributed by atoms with Gasteiger partial charge in [-0.05, 0) is 30.3 Å². The molecule has 5 heteroatoms. The topological polar surface area (TPSA) is 68.0 Å². The van der Waals surface area contributed by atoms with Gasteiger partial charge in [-0.25, -0.2) is 0 Å². The van der Waals surface area contributed by atoms with E-state index in [9.17, 15) is 4.79 Å². The van der Waals surface area contributed by atoms with Gasteiger partial charge in [0.15, 0.2) is 0 Å². The van der Waals surface area contributed by atoms with Gasteiger partial charge in [0.25, 0.3) is 5.91 Å². The van der Waals surface area contributed by atoms with Gasteiger partial charge in [-0.3, -0.25) is 9.78 Å². The van der Waals surface area contributed by atoms with E-state index < -0.39 is 0 Å². The van der Waals surface area contributed by atoms with Gasteiger partial charge < -0.3 is 11.1 Å². The van der Waals surface area contributed by atoms with Crippen molar-refractivity contribution in [2.75, 3.05) is 11.9 Å². The largest absolute Gasteiger partial charge is 0.321 e. The average molecular weight is 286 g/mol. The van der Waals surface area contributed by atoms with Crippen molar-refractivity contribution >= 4 is 23.2 Å². The van der Waals surface area contributed by atoms with Crippen LogP contribution in [0.4, 0.5) is 5.69 Å². The molecule has 0 saturated heterocycles. The molecule has 0 bridgehead atoms. The van der Waals surface area contributed by atoms with Crippen molar-refractivity contribution in [3.8, 4) is 11.8 Å². The predicted molar refractivity (Wildman–Crippen MR) is 79.6 cm³/mol. The van der Waals surface area contributed by atoms with Crippen LogP contribution in [-0.4, -0.2) is 17.4 Å². The van der Waals surface area contributed by atoms with Gasteiger partial charge in [-0.15, -0.1) is 0 Å². The molecule has 1 aromatic carbocycles. The second-order valence-corrected chi connectivity index (χ2v) is 4.32. The SMILES string of the molecule is NCC#Cc1cc(Cl)ccc1NC(=O)c1ccncc1. The number of halogens is 1. The number of hydrogen-bond acceptors (Lipinski definition) is 3. The van der Waals surface area contributed by atoms with E-state index in [0.29, 0.717) is 21.8 Å². The van der Waals surface area contributed by atoms with E-state index >= 15 is 0 Å². The second kappa shape index (κ2) is 6.71. The third-order valence-electron chi connectivity index (χ3n) is 2.50. The molecule has 100 valence electrons. The summed E-state index contributed by atoms with van der Waals surface area (Å²) in [6.07, 6.45) is 3.12. The lowest BCUT2D eigenvalue weighted by atomic mass is 10.1. The number of nitrogens with one attached hydrogen (secondary N) is 1. The number of carbonyl (C=O) groups excluding carboxylic acids is 1. The molecule has 0 fully saturated rings. The number of anilines is 1. The van der Waals surface area contributed by atoms with E-state index in [1.54, 1.807) is 42.7 Å². The van der Waals surface area contributed by atoms with Crippen LogP contribution in [0.15, 0.2) is 42.7 Å². The number of pyridine rings is 1. The van der Waals surface area contributed by atoms with Gasteiger partial charge >= 0.3 is 0 Å². The third-order valence-corrected chi connectivity index (χ3v) is 2.73. The van der Waals surface area contributed by atoms with Gasteiger partial charge in [0, 0.05) is 28.5 Å². The summed E-state index contributed by atoms with van der Waals surface area (Å²) >= 11 is 5.93. The first kappa shape index (κ1) is 14.1. The van der Waals surface area contributed by atoms with Crippen LogP contribution in [0, 0.1) is 11.8 Å². The van der Waals surface area contributed by atoms with Crippen LogP contribution >= 0.6 is 11.6 Å². The van der Waals surface area contributed by atoms with Crippen LogP contribution in [0.25, 0.3) is 0 Å². The maximum atomic E-state index is 12.1. The Labute approximate surface area is 122 Å². The minimum absolute atomic E-state index is 0.231. The Bertz CT molecular complexity index is 675. The van der Waals surface area contributed by atoms with Gasteiger partial charge in [0.05, 0.1) is 12.2 Å². The van der Waals surface area contributed by atoms with E-state index in [0.717, 1.165) is 0 Å². The maximum absolute atomic E-state index is 12.1. The number of nitrogens with zero attached hydrogens (tertiary/aromatic N) is 1. The van der Waals surface area contributed by atoms with E-state index in [-0.39, 0.29) is 12.5 Å². The normalized spacial score (nSPS) is 9.50. The molecule has 3 N–H and O–H groups in total. The molecule has 1 heterocycles. The molecule has 0 radical (unpaired) electrons. The highest BCUT2D eigenvalue weighted by molar-refractivity contribution is 6.30. The summed E-state index contributed by atoms with van der Waals surface area (Å²) in [5.74, 6) is 5.40. The molecular weight excluding hydrogens is 274 g/mol. The summed E-state index contributed by atoms with van der Waals surface area (Å²) in [7, 11) is 0. The Hall–Kier alpha value is -2.35. The average Bonchev–Trinajstić information content (AvgIpc) is 2.48. The number of hydrogen-bond donors (Lipinski definition) is 2. The lowest BCUT2D eigenvalue weighted by Crippen LogP contribution is -2.12. The minimum atomic E-state index is -0.231. The fourth-order valence-corrected chi connectivity index (χ4v) is 1.75. The Morgan fingerprint density at radius 3 is 2.75 bits per heavy atom. The second-order valence-electron chi connectivity index (χ2n) is 3.89. The summed E-state index contributed by atoms with van der Waals surface area (Å²) in [4.78, 5) is 16.0.